The van der Waals surface area contributed by atoms with Crippen molar-refractivity contribution in [2.24, 2.45) is 0 Å². The van der Waals surface area contributed by atoms with E-state index in [1.807, 2.05) is 56.0 Å². The van der Waals surface area contributed by atoms with Gasteiger partial charge in [-0.05, 0) is 56.9 Å². The molecular weight excluding hydrogens is 424 g/mol. The number of pyridine rings is 1. The Morgan fingerprint density at radius 1 is 1.03 bits per heavy atom. The molecule has 0 N–H and O–H groups in total. The van der Waals surface area contributed by atoms with Gasteiger partial charge in [0.2, 0.25) is 15.9 Å². The normalized spacial score (nSPS) is 20.6. The molecule has 2 aromatic rings. The van der Waals surface area contributed by atoms with Crippen LogP contribution in [-0.4, -0.2) is 72.2 Å². The van der Waals surface area contributed by atoms with Gasteiger partial charge in [0, 0.05) is 45.5 Å². The second-order valence-corrected chi connectivity index (χ2v) is 10.8. The number of carbonyl (C=O) groups excluding carboxylic acids is 1. The van der Waals surface area contributed by atoms with Crippen LogP contribution < -0.4 is 0 Å². The lowest BCUT2D eigenvalue weighted by molar-refractivity contribution is -0.136. The molecule has 2 saturated heterocycles. The van der Waals surface area contributed by atoms with Gasteiger partial charge in [0.1, 0.15) is 6.04 Å². The fourth-order valence-corrected chi connectivity index (χ4v) is 7.09. The van der Waals surface area contributed by atoms with E-state index in [-0.39, 0.29) is 5.91 Å². The van der Waals surface area contributed by atoms with Crippen LogP contribution in [0.3, 0.4) is 0 Å². The number of aryl methyl sites for hydroxylation is 3. The summed E-state index contributed by atoms with van der Waals surface area (Å²) < 4.78 is 28.6. The van der Waals surface area contributed by atoms with E-state index in [0.717, 1.165) is 42.0 Å². The molecule has 1 amide bonds. The summed E-state index contributed by atoms with van der Waals surface area (Å²) in [7, 11) is -3.73. The lowest BCUT2D eigenvalue weighted by Crippen LogP contribution is -2.54. The smallest absolute Gasteiger partial charge is 0.244 e. The number of sulfonamides is 1. The molecule has 2 aliphatic heterocycles. The van der Waals surface area contributed by atoms with E-state index in [0.29, 0.717) is 37.4 Å². The molecule has 7 nitrogen and oxygen atoms in total. The maximum atomic E-state index is 13.6. The van der Waals surface area contributed by atoms with Crippen molar-refractivity contribution < 1.29 is 13.2 Å². The first kappa shape index (κ1) is 22.9. The summed E-state index contributed by atoms with van der Waals surface area (Å²) in [5, 5.41) is 0. The standard InChI is InChI=1S/C24H32N4O3S/c1-18-15-19(2)23(20(3)16-18)32(30,31)28-10-6-8-22(28)24(29)27-13-11-26(12-14-27)17-21-7-4-5-9-25-21/h4-5,7,9,15-16,22H,6,8,10-14,17H2,1-3H3. The van der Waals surface area contributed by atoms with Gasteiger partial charge in [-0.2, -0.15) is 4.31 Å². The van der Waals surface area contributed by atoms with Gasteiger partial charge in [-0.1, -0.05) is 23.8 Å². The largest absolute Gasteiger partial charge is 0.339 e. The van der Waals surface area contributed by atoms with Crippen molar-refractivity contribution in [3.8, 4) is 0 Å². The van der Waals surface area contributed by atoms with Crippen molar-refractivity contribution >= 4 is 15.9 Å². The highest BCUT2D eigenvalue weighted by atomic mass is 32.2. The van der Waals surface area contributed by atoms with Crippen LogP contribution in [0.4, 0.5) is 0 Å². The fourth-order valence-electron chi connectivity index (χ4n) is 5.02. The number of aromatic nitrogens is 1. The molecule has 1 aromatic carbocycles. The molecule has 0 bridgehead atoms. The van der Waals surface area contributed by atoms with Gasteiger partial charge < -0.3 is 4.90 Å². The highest BCUT2D eigenvalue weighted by Crippen LogP contribution is 2.31. The minimum absolute atomic E-state index is 0.0639. The molecule has 3 heterocycles. The summed E-state index contributed by atoms with van der Waals surface area (Å²) in [5.41, 5.74) is 3.54. The molecule has 172 valence electrons. The van der Waals surface area contributed by atoms with Crippen molar-refractivity contribution in [1.82, 2.24) is 19.1 Å². The Balaban J connectivity index is 1.45. The maximum absolute atomic E-state index is 13.6. The van der Waals surface area contributed by atoms with Crippen molar-refractivity contribution in [2.75, 3.05) is 32.7 Å². The zero-order valence-corrected chi connectivity index (χ0v) is 19.9. The number of hydrogen-bond acceptors (Lipinski definition) is 5. The summed E-state index contributed by atoms with van der Waals surface area (Å²) in [6.45, 7) is 9.53. The molecule has 4 rings (SSSR count). The Hall–Kier alpha value is -2.29. The molecule has 1 aromatic heterocycles. The summed E-state index contributed by atoms with van der Waals surface area (Å²) >= 11 is 0. The molecule has 0 aliphatic carbocycles. The topological polar surface area (TPSA) is 73.8 Å². The average Bonchev–Trinajstić information content (AvgIpc) is 3.24. The predicted octanol–water partition coefficient (Wildman–Crippen LogP) is 2.50. The second-order valence-electron chi connectivity index (χ2n) is 8.92. The Morgan fingerprint density at radius 3 is 2.34 bits per heavy atom. The quantitative estimate of drug-likeness (QED) is 0.691. The van der Waals surface area contributed by atoms with Gasteiger partial charge >= 0.3 is 0 Å². The van der Waals surface area contributed by atoms with Gasteiger partial charge in [-0.3, -0.25) is 14.7 Å². The van der Waals surface area contributed by atoms with E-state index in [9.17, 15) is 13.2 Å². The molecule has 0 spiro atoms. The second kappa shape index (κ2) is 9.29. The van der Waals surface area contributed by atoms with E-state index < -0.39 is 16.1 Å². The number of carbonyl (C=O) groups is 1. The molecule has 2 fully saturated rings. The van der Waals surface area contributed by atoms with Gasteiger partial charge in [-0.25, -0.2) is 8.42 Å². The van der Waals surface area contributed by atoms with Crippen LogP contribution in [0.2, 0.25) is 0 Å². The molecule has 8 heteroatoms. The van der Waals surface area contributed by atoms with E-state index in [1.54, 1.807) is 6.20 Å². The summed E-state index contributed by atoms with van der Waals surface area (Å²) in [4.78, 5) is 22.2. The van der Waals surface area contributed by atoms with Crippen molar-refractivity contribution in [2.45, 2.75) is 51.1 Å². The number of benzene rings is 1. The number of nitrogens with zero attached hydrogens (tertiary/aromatic N) is 4. The maximum Gasteiger partial charge on any atom is 0.244 e. The summed E-state index contributed by atoms with van der Waals surface area (Å²) in [6, 6.07) is 9.08. The fraction of sp³-hybridized carbons (Fsp3) is 0.500. The molecule has 2 aliphatic rings. The van der Waals surface area contributed by atoms with Gasteiger partial charge in [-0.15, -0.1) is 0 Å². The zero-order chi connectivity index (χ0) is 22.9. The highest BCUT2D eigenvalue weighted by molar-refractivity contribution is 7.89. The van der Waals surface area contributed by atoms with E-state index >= 15 is 0 Å². The Labute approximate surface area is 191 Å². The highest BCUT2D eigenvalue weighted by Gasteiger charge is 2.42. The molecule has 0 radical (unpaired) electrons. The Bertz CT molecular complexity index is 1060. The molecule has 32 heavy (non-hydrogen) atoms. The van der Waals surface area contributed by atoms with Crippen LogP contribution in [0.1, 0.15) is 35.2 Å². The van der Waals surface area contributed by atoms with Gasteiger partial charge in [0.05, 0.1) is 10.6 Å². The van der Waals surface area contributed by atoms with Gasteiger partial charge in [0.15, 0.2) is 0 Å². The first-order chi connectivity index (χ1) is 15.3. The first-order valence-corrected chi connectivity index (χ1v) is 12.7. The zero-order valence-electron chi connectivity index (χ0n) is 19.1. The number of piperazine rings is 1. The third kappa shape index (κ3) is 4.58. The van der Waals surface area contributed by atoms with Crippen LogP contribution in [0, 0.1) is 20.8 Å². The molecule has 0 saturated carbocycles. The Morgan fingerprint density at radius 2 is 1.72 bits per heavy atom. The lowest BCUT2D eigenvalue weighted by atomic mass is 10.1. The minimum atomic E-state index is -3.73. The van der Waals surface area contributed by atoms with Crippen LogP contribution >= 0.6 is 0 Å². The summed E-state index contributed by atoms with van der Waals surface area (Å²) in [6.07, 6.45) is 3.08. The molecule has 1 atom stereocenters. The number of amides is 1. The molecule has 1 unspecified atom stereocenters. The van der Waals surface area contributed by atoms with Crippen molar-refractivity contribution in [3.63, 3.8) is 0 Å². The average molecular weight is 457 g/mol. The minimum Gasteiger partial charge on any atom is -0.339 e. The SMILES string of the molecule is Cc1cc(C)c(S(=O)(=O)N2CCCC2C(=O)N2CCN(Cc3ccccn3)CC2)c(C)c1. The van der Waals surface area contributed by atoms with Crippen LogP contribution in [0.15, 0.2) is 41.4 Å². The van der Waals surface area contributed by atoms with E-state index in [4.69, 9.17) is 0 Å². The number of hydrogen-bond donors (Lipinski definition) is 0. The number of rotatable bonds is 5. The van der Waals surface area contributed by atoms with Crippen LogP contribution in [-0.2, 0) is 21.4 Å². The van der Waals surface area contributed by atoms with E-state index in [2.05, 4.69) is 9.88 Å². The van der Waals surface area contributed by atoms with Crippen LogP contribution in [0.25, 0.3) is 0 Å². The third-order valence-electron chi connectivity index (χ3n) is 6.46. The van der Waals surface area contributed by atoms with Crippen molar-refractivity contribution in [3.05, 3.63) is 58.9 Å². The molecular formula is C24H32N4O3S. The van der Waals surface area contributed by atoms with Crippen LogP contribution in [0.5, 0.6) is 0 Å². The Kier molecular flexibility index (Phi) is 6.65. The lowest BCUT2D eigenvalue weighted by Gasteiger charge is -2.37. The van der Waals surface area contributed by atoms with E-state index in [1.165, 1.54) is 4.31 Å². The third-order valence-corrected chi connectivity index (χ3v) is 8.67. The first-order valence-electron chi connectivity index (χ1n) is 11.3. The monoisotopic (exact) mass is 456 g/mol. The van der Waals surface area contributed by atoms with Gasteiger partial charge in [0.25, 0.3) is 0 Å². The summed E-state index contributed by atoms with van der Waals surface area (Å²) in [5.74, 6) is -0.0639. The predicted molar refractivity (Wildman–Crippen MR) is 124 cm³/mol. The van der Waals surface area contributed by atoms with Crippen molar-refractivity contribution in [1.29, 1.82) is 0 Å².